The van der Waals surface area contributed by atoms with Crippen molar-refractivity contribution in [3.63, 3.8) is 0 Å². The van der Waals surface area contributed by atoms with Crippen LogP contribution in [0, 0.1) is 0 Å². The Morgan fingerprint density at radius 2 is 1.74 bits per heavy atom. The fraction of sp³-hybridized carbons (Fsp3) is 0.350. The lowest BCUT2D eigenvalue weighted by Crippen LogP contribution is -2.57. The lowest BCUT2D eigenvalue weighted by atomic mass is 9.95. The van der Waals surface area contributed by atoms with Crippen molar-refractivity contribution in [3.8, 4) is 5.75 Å². The van der Waals surface area contributed by atoms with Gasteiger partial charge in [0.15, 0.2) is 5.96 Å². The van der Waals surface area contributed by atoms with Crippen molar-refractivity contribution in [3.05, 3.63) is 112 Å². The van der Waals surface area contributed by atoms with Gasteiger partial charge < -0.3 is 36.6 Å². The molecular formula is C40H43Cl2N7O4. The van der Waals surface area contributed by atoms with E-state index in [1.54, 1.807) is 28.0 Å². The molecule has 0 bridgehead atoms. The summed E-state index contributed by atoms with van der Waals surface area (Å²) in [5.41, 5.74) is 14.0. The molecule has 276 valence electrons. The predicted molar refractivity (Wildman–Crippen MR) is 207 cm³/mol. The predicted octanol–water partition coefficient (Wildman–Crippen LogP) is 4.55. The fourth-order valence-corrected chi connectivity index (χ4v) is 8.32. The lowest BCUT2D eigenvalue weighted by Gasteiger charge is -2.33. The minimum absolute atomic E-state index is 0.0382. The van der Waals surface area contributed by atoms with E-state index < -0.39 is 24.3 Å². The first-order valence-corrected chi connectivity index (χ1v) is 18.8. The van der Waals surface area contributed by atoms with E-state index >= 15 is 0 Å². The summed E-state index contributed by atoms with van der Waals surface area (Å²) in [4.78, 5) is 50.8. The topological polar surface area (TPSA) is 155 Å². The molecule has 0 aliphatic carbocycles. The van der Waals surface area contributed by atoms with E-state index in [1.165, 1.54) is 0 Å². The molecule has 3 heterocycles. The van der Waals surface area contributed by atoms with Gasteiger partial charge in [-0.25, -0.2) is 0 Å². The van der Waals surface area contributed by atoms with Gasteiger partial charge in [0.1, 0.15) is 30.6 Å². The van der Waals surface area contributed by atoms with Crippen molar-refractivity contribution in [2.75, 3.05) is 13.2 Å². The van der Waals surface area contributed by atoms with Gasteiger partial charge in [-0.05, 0) is 83.8 Å². The van der Waals surface area contributed by atoms with E-state index in [2.05, 4.69) is 15.6 Å². The van der Waals surface area contributed by atoms with Gasteiger partial charge in [0.05, 0.1) is 12.1 Å². The highest BCUT2D eigenvalue weighted by Gasteiger charge is 2.54. The van der Waals surface area contributed by atoms with Crippen LogP contribution in [0.2, 0.25) is 10.0 Å². The highest BCUT2D eigenvalue weighted by atomic mass is 35.5. The van der Waals surface area contributed by atoms with E-state index in [0.717, 1.165) is 21.9 Å². The van der Waals surface area contributed by atoms with Crippen LogP contribution in [0.5, 0.6) is 5.75 Å². The highest BCUT2D eigenvalue weighted by Crippen LogP contribution is 2.38. The maximum Gasteiger partial charge on any atom is 0.247 e. The van der Waals surface area contributed by atoms with Gasteiger partial charge >= 0.3 is 0 Å². The Bertz CT molecular complexity index is 2040. The van der Waals surface area contributed by atoms with Crippen LogP contribution >= 0.6 is 23.2 Å². The first-order chi connectivity index (χ1) is 25.7. The third-order valence-corrected chi connectivity index (χ3v) is 11.1. The lowest BCUT2D eigenvalue weighted by molar-refractivity contribution is -0.141. The van der Waals surface area contributed by atoms with Gasteiger partial charge in [-0.2, -0.15) is 0 Å². The monoisotopic (exact) mass is 755 g/mol. The first kappa shape index (κ1) is 36.5. The van der Waals surface area contributed by atoms with E-state index in [9.17, 15) is 14.4 Å². The summed E-state index contributed by atoms with van der Waals surface area (Å²) < 4.78 is 6.27. The van der Waals surface area contributed by atoms with Gasteiger partial charge in [0.2, 0.25) is 17.7 Å². The Labute approximate surface area is 318 Å². The molecule has 5 atom stereocenters. The number of ether oxygens (including phenoxy) is 1. The largest absolute Gasteiger partial charge is 0.491 e. The summed E-state index contributed by atoms with van der Waals surface area (Å²) in [7, 11) is 0. The zero-order valence-electron chi connectivity index (χ0n) is 29.2. The van der Waals surface area contributed by atoms with Crippen LogP contribution in [-0.4, -0.2) is 77.0 Å². The number of benzene rings is 4. The van der Waals surface area contributed by atoms with Crippen LogP contribution in [0.15, 0.2) is 89.9 Å². The average Bonchev–Trinajstić information content (AvgIpc) is 3.70. The number of halogens is 2. The van der Waals surface area contributed by atoms with Crippen molar-refractivity contribution >= 4 is 57.7 Å². The number of guanidine groups is 1. The molecule has 2 saturated heterocycles. The zero-order chi connectivity index (χ0) is 37.1. The highest BCUT2D eigenvalue weighted by molar-refractivity contribution is 6.35. The number of fused-ring (bicyclic) bond motifs is 3. The second-order valence-corrected chi connectivity index (χ2v) is 14.7. The minimum Gasteiger partial charge on any atom is -0.491 e. The molecule has 0 saturated carbocycles. The van der Waals surface area contributed by atoms with Crippen molar-refractivity contribution in [1.29, 1.82) is 0 Å². The molecule has 3 aliphatic heterocycles. The summed E-state index contributed by atoms with van der Waals surface area (Å²) in [5, 5.41) is 9.39. The normalized spacial score (nSPS) is 21.2. The third kappa shape index (κ3) is 8.07. The Kier molecular flexibility index (Phi) is 11.0. The van der Waals surface area contributed by atoms with Gasteiger partial charge in [-0.1, -0.05) is 83.9 Å². The van der Waals surface area contributed by atoms with E-state index in [0.29, 0.717) is 66.6 Å². The molecule has 53 heavy (non-hydrogen) atoms. The average molecular weight is 757 g/mol. The maximum atomic E-state index is 14.9. The second-order valence-electron chi connectivity index (χ2n) is 13.9. The summed E-state index contributed by atoms with van der Waals surface area (Å²) in [6, 6.07) is 24.5. The van der Waals surface area contributed by atoms with Crippen molar-refractivity contribution < 1.29 is 19.1 Å². The molecule has 3 amide bonds. The maximum absolute atomic E-state index is 14.9. The Morgan fingerprint density at radius 1 is 0.962 bits per heavy atom. The molecule has 0 radical (unpaired) electrons. The number of nitrogens with zero attached hydrogens (tertiary/aromatic N) is 3. The number of amides is 3. The molecule has 2 fully saturated rings. The van der Waals surface area contributed by atoms with Gasteiger partial charge in [0.25, 0.3) is 0 Å². The first-order valence-electron chi connectivity index (χ1n) is 18.0. The number of nitrogens with two attached hydrogens (primary N) is 2. The molecule has 11 nitrogen and oxygen atoms in total. The molecule has 3 aliphatic rings. The molecule has 0 spiro atoms. The summed E-state index contributed by atoms with van der Waals surface area (Å²) in [6.07, 6.45) is 2.12. The SMILES string of the molecule is NC(N)=NCCC[C@H]1C(=O)N2[C@@H](COc3ccc4ccccc4c3)CC[C@H]2N1C(=O)[C@H](Cc1ccc(Cl)cc1Cl)NC(=O)C1Cc2ccccc2CN1. The van der Waals surface area contributed by atoms with Crippen molar-refractivity contribution in [1.82, 2.24) is 20.4 Å². The number of rotatable bonds is 12. The molecule has 0 aromatic heterocycles. The van der Waals surface area contributed by atoms with Crippen molar-refractivity contribution in [2.45, 2.75) is 75.4 Å². The number of aliphatic imine (C=N–C) groups is 1. The number of hydrogen-bond acceptors (Lipinski definition) is 6. The van der Waals surface area contributed by atoms with E-state index in [4.69, 9.17) is 39.4 Å². The van der Waals surface area contributed by atoms with Gasteiger partial charge in [-0.3, -0.25) is 19.4 Å². The van der Waals surface area contributed by atoms with Crippen LogP contribution in [0.4, 0.5) is 0 Å². The third-order valence-electron chi connectivity index (χ3n) is 10.5. The van der Waals surface area contributed by atoms with Crippen molar-refractivity contribution in [2.24, 2.45) is 16.5 Å². The van der Waals surface area contributed by atoms with Crippen LogP contribution < -0.4 is 26.8 Å². The second kappa shape index (κ2) is 16.0. The molecule has 4 aromatic carbocycles. The Hall–Kier alpha value is -4.84. The molecule has 7 rings (SSSR count). The van der Waals surface area contributed by atoms with Crippen LogP contribution in [0.3, 0.4) is 0 Å². The minimum atomic E-state index is -1.01. The zero-order valence-corrected chi connectivity index (χ0v) is 30.7. The molecule has 4 aromatic rings. The number of hydrogen-bond donors (Lipinski definition) is 4. The smallest absolute Gasteiger partial charge is 0.247 e. The molecular weight excluding hydrogens is 713 g/mol. The summed E-state index contributed by atoms with van der Waals surface area (Å²) in [6.45, 7) is 1.12. The van der Waals surface area contributed by atoms with E-state index in [-0.39, 0.29) is 42.8 Å². The van der Waals surface area contributed by atoms with Gasteiger partial charge in [0, 0.05) is 29.6 Å². The Morgan fingerprint density at radius 3 is 2.53 bits per heavy atom. The standard InChI is InChI=1S/C40H43Cl2N7O4/c41-29-13-11-27(32(42)21-29)20-34(47-37(50)33-19-26-8-3-4-9-28(26)22-46-33)38(51)49-35(10-5-17-45-40(43)44)39(52)48-30(14-16-36(48)49)23-53-31-15-12-24-6-1-2-7-25(24)18-31/h1-4,6-9,11-13,15,18,21,30,33-36,46H,5,10,14,16-17,19-20,22-23H2,(H,47,50)(H4,43,44,45)/t30-,33?,34+,35+,36-/m1/s1. The number of carbonyl (C=O) groups excluding carboxylic acids is 3. The summed E-state index contributed by atoms with van der Waals surface area (Å²) in [5.74, 6) is -0.143. The van der Waals surface area contributed by atoms with Crippen LogP contribution in [-0.2, 0) is 33.8 Å². The van der Waals surface area contributed by atoms with Crippen LogP contribution in [0.25, 0.3) is 10.8 Å². The summed E-state index contributed by atoms with van der Waals surface area (Å²) >= 11 is 12.8. The van der Waals surface area contributed by atoms with Crippen LogP contribution in [0.1, 0.15) is 42.4 Å². The number of carbonyl (C=O) groups is 3. The van der Waals surface area contributed by atoms with Gasteiger partial charge in [-0.15, -0.1) is 0 Å². The molecule has 13 heteroatoms. The van der Waals surface area contributed by atoms with E-state index in [1.807, 2.05) is 66.7 Å². The molecule has 6 N–H and O–H groups in total. The number of nitrogens with one attached hydrogen (secondary N) is 2. The fourth-order valence-electron chi connectivity index (χ4n) is 7.83. The molecule has 1 unspecified atom stereocenters. The quantitative estimate of drug-likeness (QED) is 0.0940. The Balaban J connectivity index is 1.14.